The maximum atomic E-state index is 2.37. The summed E-state index contributed by atoms with van der Waals surface area (Å²) in [5.74, 6) is 0. The number of unbranched alkanes of at least 4 members (excludes halogenated alkanes) is 10. The van der Waals surface area contributed by atoms with Gasteiger partial charge in [-0.05, 0) is 19.3 Å². The minimum Gasteiger partial charge on any atom is -0.0885 e. The van der Waals surface area contributed by atoms with E-state index >= 15 is 0 Å². The van der Waals surface area contributed by atoms with Gasteiger partial charge in [0, 0.05) is 0 Å². The molecule has 0 aromatic heterocycles. The molecule has 0 aromatic carbocycles. The normalized spacial score (nSPS) is 11.4. The van der Waals surface area contributed by atoms with E-state index in [1.54, 1.807) is 0 Å². The predicted octanol–water partition coefficient (Wildman–Crippen LogP) is 6.26. The Morgan fingerprint density at radius 3 is 1.56 bits per heavy atom. The van der Waals surface area contributed by atoms with E-state index in [1.807, 2.05) is 0 Å². The Kier molecular flexibility index (Phi) is 14.5. The molecule has 0 saturated carbocycles. The third-order valence-electron chi connectivity index (χ3n) is 3.10. The van der Waals surface area contributed by atoms with E-state index in [0.717, 1.165) is 0 Å². The third kappa shape index (κ3) is 13.7. The number of allylic oxidation sites excluding steroid dienone is 2. The Labute approximate surface area is 104 Å². The van der Waals surface area contributed by atoms with Crippen LogP contribution in [0.2, 0.25) is 0 Å². The van der Waals surface area contributed by atoms with Gasteiger partial charge >= 0.3 is 0 Å². The molecule has 0 heteroatoms. The lowest BCUT2D eigenvalue weighted by molar-refractivity contribution is 0.566. The van der Waals surface area contributed by atoms with E-state index in [-0.39, 0.29) is 0 Å². The first-order valence-electron chi connectivity index (χ1n) is 7.56. The second kappa shape index (κ2) is 14.7. The SMILES string of the molecule is CCCC=CCCCCCCCCCCC. The predicted molar refractivity (Wildman–Crippen MR) is 75.9 cm³/mol. The number of hydrogen-bond acceptors (Lipinski definition) is 0. The summed E-state index contributed by atoms with van der Waals surface area (Å²) in [5, 5.41) is 0. The van der Waals surface area contributed by atoms with Gasteiger partial charge < -0.3 is 0 Å². The van der Waals surface area contributed by atoms with Crippen LogP contribution in [0.15, 0.2) is 12.2 Å². The molecule has 0 aliphatic heterocycles. The zero-order chi connectivity index (χ0) is 11.9. The van der Waals surface area contributed by atoms with E-state index in [9.17, 15) is 0 Å². The first-order chi connectivity index (χ1) is 7.91. The first-order valence-corrected chi connectivity index (χ1v) is 7.56. The minimum absolute atomic E-state index is 1.26. The van der Waals surface area contributed by atoms with Crippen LogP contribution in [0.3, 0.4) is 0 Å². The van der Waals surface area contributed by atoms with Crippen molar-refractivity contribution in [1.82, 2.24) is 0 Å². The molecule has 0 atom stereocenters. The molecule has 0 spiro atoms. The molecule has 0 fully saturated rings. The molecule has 0 rings (SSSR count). The van der Waals surface area contributed by atoms with E-state index in [2.05, 4.69) is 26.0 Å². The van der Waals surface area contributed by atoms with Crippen LogP contribution in [-0.4, -0.2) is 0 Å². The molecule has 0 aromatic rings. The topological polar surface area (TPSA) is 0 Å². The van der Waals surface area contributed by atoms with Gasteiger partial charge in [-0.15, -0.1) is 0 Å². The molecule has 0 N–H and O–H groups in total. The van der Waals surface area contributed by atoms with Crippen molar-refractivity contribution in [3.05, 3.63) is 12.2 Å². The van der Waals surface area contributed by atoms with Crippen LogP contribution in [0, 0.1) is 0 Å². The van der Waals surface area contributed by atoms with Gasteiger partial charge in [0.1, 0.15) is 0 Å². The molecule has 0 saturated heterocycles. The Bertz CT molecular complexity index is 135. The summed E-state index contributed by atoms with van der Waals surface area (Å²) in [6.07, 6.45) is 21.5. The molecule has 96 valence electrons. The summed E-state index contributed by atoms with van der Waals surface area (Å²) in [7, 11) is 0. The van der Waals surface area contributed by atoms with Crippen molar-refractivity contribution in [1.29, 1.82) is 0 Å². The van der Waals surface area contributed by atoms with Crippen molar-refractivity contribution >= 4 is 0 Å². The smallest absolute Gasteiger partial charge is 0.0351 e. The van der Waals surface area contributed by atoms with Crippen LogP contribution in [0.1, 0.15) is 90.9 Å². The summed E-state index contributed by atoms with van der Waals surface area (Å²) in [6.45, 7) is 4.52. The fourth-order valence-corrected chi connectivity index (χ4v) is 1.98. The fourth-order valence-electron chi connectivity index (χ4n) is 1.98. The Morgan fingerprint density at radius 2 is 1.00 bits per heavy atom. The summed E-state index contributed by atoms with van der Waals surface area (Å²) < 4.78 is 0. The van der Waals surface area contributed by atoms with Gasteiger partial charge in [-0.25, -0.2) is 0 Å². The average Bonchev–Trinajstić information content (AvgIpc) is 2.31. The van der Waals surface area contributed by atoms with Crippen molar-refractivity contribution in [3.8, 4) is 0 Å². The fraction of sp³-hybridized carbons (Fsp3) is 0.875. The van der Waals surface area contributed by atoms with Gasteiger partial charge in [-0.2, -0.15) is 0 Å². The highest BCUT2D eigenvalue weighted by atomic mass is 14.0. The van der Waals surface area contributed by atoms with Crippen LogP contribution in [0.5, 0.6) is 0 Å². The van der Waals surface area contributed by atoms with E-state index < -0.39 is 0 Å². The van der Waals surface area contributed by atoms with Gasteiger partial charge in [-0.3, -0.25) is 0 Å². The van der Waals surface area contributed by atoms with E-state index in [4.69, 9.17) is 0 Å². The number of hydrogen-bond donors (Lipinski definition) is 0. The van der Waals surface area contributed by atoms with Crippen molar-refractivity contribution in [2.75, 3.05) is 0 Å². The standard InChI is InChI=1S/C16H32/c1-3-5-7-9-11-13-15-16-14-12-10-8-6-4-2/h7,9H,3-6,8,10-16H2,1-2H3. The highest BCUT2D eigenvalue weighted by Gasteiger charge is 1.90. The summed E-state index contributed by atoms with van der Waals surface area (Å²) in [6, 6.07) is 0. The van der Waals surface area contributed by atoms with E-state index in [1.165, 1.54) is 77.0 Å². The van der Waals surface area contributed by atoms with Crippen molar-refractivity contribution in [3.63, 3.8) is 0 Å². The molecule has 0 unspecified atom stereocenters. The van der Waals surface area contributed by atoms with Gasteiger partial charge in [0.05, 0.1) is 0 Å². The second-order valence-corrected chi connectivity index (χ2v) is 4.88. The third-order valence-corrected chi connectivity index (χ3v) is 3.10. The Morgan fingerprint density at radius 1 is 0.500 bits per heavy atom. The zero-order valence-corrected chi connectivity index (χ0v) is 11.6. The molecule has 0 radical (unpaired) electrons. The van der Waals surface area contributed by atoms with Crippen LogP contribution in [0.4, 0.5) is 0 Å². The zero-order valence-electron chi connectivity index (χ0n) is 11.6. The average molecular weight is 224 g/mol. The van der Waals surface area contributed by atoms with Gasteiger partial charge in [0.25, 0.3) is 0 Å². The van der Waals surface area contributed by atoms with Crippen LogP contribution in [0.25, 0.3) is 0 Å². The highest BCUT2D eigenvalue weighted by molar-refractivity contribution is 4.80. The lowest BCUT2D eigenvalue weighted by Crippen LogP contribution is -1.80. The molecular formula is C16H32. The monoisotopic (exact) mass is 224 g/mol. The molecule has 16 heavy (non-hydrogen) atoms. The summed E-state index contributed by atoms with van der Waals surface area (Å²) in [5.41, 5.74) is 0. The van der Waals surface area contributed by atoms with E-state index in [0.29, 0.717) is 0 Å². The van der Waals surface area contributed by atoms with Crippen LogP contribution >= 0.6 is 0 Å². The largest absolute Gasteiger partial charge is 0.0885 e. The second-order valence-electron chi connectivity index (χ2n) is 4.88. The van der Waals surface area contributed by atoms with Gasteiger partial charge in [-0.1, -0.05) is 83.8 Å². The first kappa shape index (κ1) is 15.7. The van der Waals surface area contributed by atoms with Crippen molar-refractivity contribution in [2.24, 2.45) is 0 Å². The Hall–Kier alpha value is -0.260. The molecule has 0 nitrogen and oxygen atoms in total. The van der Waals surface area contributed by atoms with Crippen LogP contribution in [-0.2, 0) is 0 Å². The lowest BCUT2D eigenvalue weighted by atomic mass is 10.1. The minimum atomic E-state index is 1.26. The van der Waals surface area contributed by atoms with Crippen LogP contribution < -0.4 is 0 Å². The van der Waals surface area contributed by atoms with Crippen molar-refractivity contribution in [2.45, 2.75) is 90.9 Å². The highest BCUT2D eigenvalue weighted by Crippen LogP contribution is 2.10. The summed E-state index contributed by atoms with van der Waals surface area (Å²) >= 11 is 0. The molecule has 0 heterocycles. The maximum absolute atomic E-state index is 2.37. The molecule has 0 aliphatic rings. The van der Waals surface area contributed by atoms with Gasteiger partial charge in [0.2, 0.25) is 0 Å². The Balaban J connectivity index is 2.93. The lowest BCUT2D eigenvalue weighted by Gasteiger charge is -2.00. The van der Waals surface area contributed by atoms with Gasteiger partial charge in [0.15, 0.2) is 0 Å². The maximum Gasteiger partial charge on any atom is -0.0351 e. The molecular weight excluding hydrogens is 192 g/mol. The molecule has 0 aliphatic carbocycles. The molecule has 0 amide bonds. The number of rotatable bonds is 12. The van der Waals surface area contributed by atoms with Crippen molar-refractivity contribution < 1.29 is 0 Å². The summed E-state index contributed by atoms with van der Waals surface area (Å²) in [4.78, 5) is 0. The molecule has 0 bridgehead atoms. The quantitative estimate of drug-likeness (QED) is 0.271.